The lowest BCUT2D eigenvalue weighted by atomic mass is 10.1. The van der Waals surface area contributed by atoms with E-state index < -0.39 is 11.0 Å². The lowest BCUT2D eigenvalue weighted by Crippen LogP contribution is -2.35. The molecule has 1 aliphatic rings. The van der Waals surface area contributed by atoms with Crippen molar-refractivity contribution in [3.8, 4) is 0 Å². The van der Waals surface area contributed by atoms with E-state index in [0.29, 0.717) is 12.1 Å². The third kappa shape index (κ3) is 4.15. The molecule has 0 aromatic heterocycles. The molecular formula is C15H20N2O3. The molecule has 5 nitrogen and oxygen atoms in total. The summed E-state index contributed by atoms with van der Waals surface area (Å²) >= 11 is 0. The zero-order valence-electron chi connectivity index (χ0n) is 11.4. The maximum atomic E-state index is 10.9. The van der Waals surface area contributed by atoms with Gasteiger partial charge in [0.05, 0.1) is 16.6 Å². The first kappa shape index (κ1) is 14.7. The van der Waals surface area contributed by atoms with Crippen LogP contribution < -0.4 is 0 Å². The second kappa shape index (κ2) is 7.17. The molecule has 1 heterocycles. The van der Waals surface area contributed by atoms with Crippen LogP contribution in [0.2, 0.25) is 0 Å². The van der Waals surface area contributed by atoms with Crippen LogP contribution in [0.25, 0.3) is 6.08 Å². The fourth-order valence-corrected chi connectivity index (χ4v) is 2.48. The average Bonchev–Trinajstić information content (AvgIpc) is 2.46. The molecule has 1 saturated heterocycles. The van der Waals surface area contributed by atoms with Gasteiger partial charge in [0.1, 0.15) is 0 Å². The first-order chi connectivity index (χ1) is 9.66. The lowest BCUT2D eigenvalue weighted by Gasteiger charge is -2.27. The van der Waals surface area contributed by atoms with Crippen molar-refractivity contribution in [3.63, 3.8) is 0 Å². The number of piperidine rings is 1. The Balaban J connectivity index is 1.96. The molecule has 0 spiro atoms. The maximum absolute atomic E-state index is 10.9. The van der Waals surface area contributed by atoms with E-state index in [1.165, 1.54) is 25.3 Å². The second-order valence-electron chi connectivity index (χ2n) is 5.10. The highest BCUT2D eigenvalue weighted by atomic mass is 16.6. The van der Waals surface area contributed by atoms with Crippen molar-refractivity contribution >= 4 is 11.8 Å². The number of benzene rings is 1. The number of hydrogen-bond acceptors (Lipinski definition) is 4. The molecule has 1 aromatic rings. The van der Waals surface area contributed by atoms with Gasteiger partial charge in [-0.05, 0) is 38.1 Å². The zero-order valence-corrected chi connectivity index (χ0v) is 11.4. The molecule has 0 amide bonds. The first-order valence-electron chi connectivity index (χ1n) is 6.99. The number of rotatable bonds is 5. The fourth-order valence-electron chi connectivity index (χ4n) is 2.48. The van der Waals surface area contributed by atoms with Gasteiger partial charge in [0.2, 0.25) is 0 Å². The number of likely N-dealkylation sites (tertiary alicyclic amines) is 1. The number of aliphatic hydroxyl groups is 1. The molecular weight excluding hydrogens is 256 g/mol. The summed E-state index contributed by atoms with van der Waals surface area (Å²) in [5, 5.41) is 20.9. The number of nitro groups is 1. The number of hydrogen-bond donors (Lipinski definition) is 1. The molecule has 0 radical (unpaired) electrons. The van der Waals surface area contributed by atoms with E-state index >= 15 is 0 Å². The van der Waals surface area contributed by atoms with Gasteiger partial charge >= 0.3 is 0 Å². The Kier molecular flexibility index (Phi) is 5.26. The predicted molar refractivity (Wildman–Crippen MR) is 78.4 cm³/mol. The number of nitro benzene ring substituents is 1. The van der Waals surface area contributed by atoms with E-state index in [4.69, 9.17) is 0 Å². The van der Waals surface area contributed by atoms with Gasteiger partial charge in [0, 0.05) is 12.6 Å². The highest BCUT2D eigenvalue weighted by molar-refractivity contribution is 5.60. The van der Waals surface area contributed by atoms with Gasteiger partial charge in [-0.15, -0.1) is 0 Å². The Morgan fingerprint density at radius 3 is 2.70 bits per heavy atom. The van der Waals surface area contributed by atoms with Crippen molar-refractivity contribution in [3.05, 3.63) is 46.0 Å². The predicted octanol–water partition coefficient (Wildman–Crippen LogP) is 2.45. The van der Waals surface area contributed by atoms with Gasteiger partial charge in [-0.2, -0.15) is 0 Å². The summed E-state index contributed by atoms with van der Waals surface area (Å²) in [4.78, 5) is 12.7. The Hall–Kier alpha value is -1.72. The molecule has 1 aliphatic heterocycles. The molecule has 1 unspecified atom stereocenters. The van der Waals surface area contributed by atoms with Crippen molar-refractivity contribution < 1.29 is 10.0 Å². The molecule has 1 N–H and O–H groups in total. The van der Waals surface area contributed by atoms with Crippen LogP contribution in [-0.2, 0) is 0 Å². The van der Waals surface area contributed by atoms with Crippen molar-refractivity contribution in [2.75, 3.05) is 19.6 Å². The van der Waals surface area contributed by atoms with Crippen molar-refractivity contribution in [1.82, 2.24) is 4.90 Å². The molecule has 1 atom stereocenters. The van der Waals surface area contributed by atoms with Crippen LogP contribution >= 0.6 is 0 Å². The Bertz CT molecular complexity index is 482. The normalized spacial score (nSPS) is 18.2. The van der Waals surface area contributed by atoms with Crippen LogP contribution in [0.3, 0.4) is 0 Å². The summed E-state index contributed by atoms with van der Waals surface area (Å²) in [7, 11) is 0. The minimum atomic E-state index is -0.590. The number of para-hydroxylation sites is 1. The molecule has 2 rings (SSSR count). The van der Waals surface area contributed by atoms with Gasteiger partial charge in [-0.25, -0.2) is 0 Å². The molecule has 108 valence electrons. The molecule has 1 aromatic carbocycles. The summed E-state index contributed by atoms with van der Waals surface area (Å²) in [5.41, 5.74) is 0.587. The Labute approximate surface area is 118 Å². The monoisotopic (exact) mass is 276 g/mol. The van der Waals surface area contributed by atoms with E-state index in [0.717, 1.165) is 13.1 Å². The van der Waals surface area contributed by atoms with E-state index in [1.54, 1.807) is 30.4 Å². The van der Waals surface area contributed by atoms with Gasteiger partial charge in [-0.3, -0.25) is 10.1 Å². The summed E-state index contributed by atoms with van der Waals surface area (Å²) in [5.74, 6) is 0. The van der Waals surface area contributed by atoms with Crippen molar-refractivity contribution in [2.24, 2.45) is 0 Å². The zero-order chi connectivity index (χ0) is 14.4. The van der Waals surface area contributed by atoms with Crippen LogP contribution in [0, 0.1) is 10.1 Å². The molecule has 1 fully saturated rings. The largest absolute Gasteiger partial charge is 0.388 e. The van der Waals surface area contributed by atoms with Gasteiger partial charge in [0.15, 0.2) is 0 Å². The van der Waals surface area contributed by atoms with Crippen LogP contribution in [0.1, 0.15) is 24.8 Å². The highest BCUT2D eigenvalue weighted by Crippen LogP contribution is 2.19. The van der Waals surface area contributed by atoms with Gasteiger partial charge in [0.25, 0.3) is 5.69 Å². The summed E-state index contributed by atoms with van der Waals surface area (Å²) < 4.78 is 0. The SMILES string of the molecule is O=[N+]([O-])c1ccccc1/C=C/C(O)CN1CCCCC1. The molecule has 5 heteroatoms. The number of aliphatic hydroxyl groups excluding tert-OH is 1. The average molecular weight is 276 g/mol. The van der Waals surface area contributed by atoms with Crippen LogP contribution in [0.5, 0.6) is 0 Å². The molecule has 0 saturated carbocycles. The van der Waals surface area contributed by atoms with Crippen LogP contribution in [0.15, 0.2) is 30.3 Å². The maximum Gasteiger partial charge on any atom is 0.276 e. The molecule has 0 aliphatic carbocycles. The van der Waals surface area contributed by atoms with E-state index in [2.05, 4.69) is 4.90 Å². The number of β-amino-alcohol motifs (C(OH)–C–C–N with tert-alkyl or cyclic N) is 1. The van der Waals surface area contributed by atoms with Gasteiger partial charge < -0.3 is 10.0 Å². The third-order valence-electron chi connectivity index (χ3n) is 3.53. The third-order valence-corrected chi connectivity index (χ3v) is 3.53. The molecule has 20 heavy (non-hydrogen) atoms. The van der Waals surface area contributed by atoms with Crippen LogP contribution in [-0.4, -0.2) is 40.7 Å². The van der Waals surface area contributed by atoms with Crippen molar-refractivity contribution in [1.29, 1.82) is 0 Å². The van der Waals surface area contributed by atoms with Crippen molar-refractivity contribution in [2.45, 2.75) is 25.4 Å². The first-order valence-corrected chi connectivity index (χ1v) is 6.99. The minimum absolute atomic E-state index is 0.0638. The summed E-state index contributed by atoms with van der Waals surface area (Å²) in [6.07, 6.45) is 6.30. The Morgan fingerprint density at radius 1 is 1.30 bits per heavy atom. The fraction of sp³-hybridized carbons (Fsp3) is 0.467. The minimum Gasteiger partial charge on any atom is -0.388 e. The highest BCUT2D eigenvalue weighted by Gasteiger charge is 2.14. The van der Waals surface area contributed by atoms with E-state index in [1.807, 2.05) is 0 Å². The molecule has 0 bridgehead atoms. The standard InChI is InChI=1S/C15H20N2O3/c18-14(12-16-10-4-1-5-11-16)9-8-13-6-2-3-7-15(13)17(19)20/h2-3,6-9,14,18H,1,4-5,10-12H2/b9-8+. The van der Waals surface area contributed by atoms with E-state index in [9.17, 15) is 15.2 Å². The summed E-state index contributed by atoms with van der Waals surface area (Å²) in [6, 6.07) is 6.54. The smallest absolute Gasteiger partial charge is 0.276 e. The summed E-state index contributed by atoms with van der Waals surface area (Å²) in [6.45, 7) is 2.64. The lowest BCUT2D eigenvalue weighted by molar-refractivity contribution is -0.385. The number of nitrogens with zero attached hydrogens (tertiary/aromatic N) is 2. The quantitative estimate of drug-likeness (QED) is 0.662. The topological polar surface area (TPSA) is 66.6 Å². The van der Waals surface area contributed by atoms with Gasteiger partial charge in [-0.1, -0.05) is 24.6 Å². The van der Waals surface area contributed by atoms with Crippen LogP contribution in [0.4, 0.5) is 5.69 Å². The Morgan fingerprint density at radius 2 is 2.00 bits per heavy atom. The van der Waals surface area contributed by atoms with E-state index in [-0.39, 0.29) is 5.69 Å². The second-order valence-corrected chi connectivity index (χ2v) is 5.10.